The predicted octanol–water partition coefficient (Wildman–Crippen LogP) is 5.50. The Kier molecular flexibility index (Phi) is 6.36. The fraction of sp³-hybridized carbons (Fsp3) is 0.346. The van der Waals surface area contributed by atoms with Crippen LogP contribution >= 0.6 is 23.2 Å². The third kappa shape index (κ3) is 4.21. The lowest BCUT2D eigenvalue weighted by atomic mass is 9.63. The van der Waals surface area contributed by atoms with Gasteiger partial charge in [-0.2, -0.15) is 10.1 Å². The van der Waals surface area contributed by atoms with E-state index in [1.54, 1.807) is 24.3 Å². The number of halogens is 2. The van der Waals surface area contributed by atoms with Crippen LogP contribution in [0.25, 0.3) is 0 Å². The number of fused-ring (bicyclic) bond motifs is 1. The Hall–Kier alpha value is -2.83. The highest BCUT2D eigenvalue weighted by atomic mass is 35.5. The number of rotatable bonds is 7. The lowest BCUT2D eigenvalue weighted by Gasteiger charge is -2.37. The van der Waals surface area contributed by atoms with E-state index in [1.807, 2.05) is 19.1 Å². The van der Waals surface area contributed by atoms with E-state index in [4.69, 9.17) is 32.7 Å². The Bertz CT molecular complexity index is 1150. The molecule has 2 aromatic carbocycles. The first-order valence-corrected chi connectivity index (χ1v) is 12.2. The number of carbonyl (C=O) groups is 2. The fourth-order valence-electron chi connectivity index (χ4n) is 5.10. The zero-order valence-electron chi connectivity index (χ0n) is 18.6. The summed E-state index contributed by atoms with van der Waals surface area (Å²) in [6, 6.07) is 10.8. The van der Waals surface area contributed by atoms with Crippen molar-refractivity contribution >= 4 is 41.2 Å². The Morgan fingerprint density at radius 3 is 2.24 bits per heavy atom. The van der Waals surface area contributed by atoms with E-state index in [0.717, 1.165) is 23.4 Å². The molecule has 6 rings (SSSR count). The average Bonchev–Trinajstić information content (AvgIpc) is 3.11. The van der Waals surface area contributed by atoms with Crippen LogP contribution in [0.2, 0.25) is 10.0 Å². The summed E-state index contributed by atoms with van der Waals surface area (Å²) in [5, 5.41) is 6.29. The first kappa shape index (κ1) is 22.9. The standard InChI is InChI=1S/C26H24Cl2N2O4/c1-2-33-21-12-16(11-20(28)24(21)34-14-15-3-9-19(27)10-4-15)13-29-30-25(31)22-17-5-6-18(8-7-17)23(22)26(30)32/h3-6,9-13,17-18,22-23H,2,7-8,14H2,1H3/b29-13-/t17-,18-,22-,23+/m0/s1. The molecular weight excluding hydrogens is 475 g/mol. The molecule has 6 nitrogen and oxygen atoms in total. The van der Waals surface area contributed by atoms with Gasteiger partial charge in [0.15, 0.2) is 11.5 Å². The molecule has 2 aromatic rings. The fourth-order valence-corrected chi connectivity index (χ4v) is 5.50. The maximum Gasteiger partial charge on any atom is 0.254 e. The number of allylic oxidation sites excluding steroid dienone is 2. The number of ether oxygens (including phenoxy) is 2. The van der Waals surface area contributed by atoms with E-state index in [0.29, 0.717) is 40.3 Å². The van der Waals surface area contributed by atoms with Gasteiger partial charge in [-0.3, -0.25) is 9.59 Å². The van der Waals surface area contributed by atoms with Crippen molar-refractivity contribution < 1.29 is 19.1 Å². The van der Waals surface area contributed by atoms with E-state index in [1.165, 1.54) is 6.21 Å². The van der Waals surface area contributed by atoms with Crippen LogP contribution in [0.5, 0.6) is 11.5 Å². The molecule has 4 aliphatic rings. The van der Waals surface area contributed by atoms with Crippen molar-refractivity contribution in [3.05, 3.63) is 69.7 Å². The first-order chi connectivity index (χ1) is 16.5. The molecule has 2 bridgehead atoms. The summed E-state index contributed by atoms with van der Waals surface area (Å²) in [5.41, 5.74) is 1.54. The van der Waals surface area contributed by atoms with Gasteiger partial charge in [-0.15, -0.1) is 0 Å². The lowest BCUT2D eigenvalue weighted by molar-refractivity contribution is -0.140. The highest BCUT2D eigenvalue weighted by Crippen LogP contribution is 2.49. The van der Waals surface area contributed by atoms with E-state index in [-0.39, 0.29) is 35.5 Å². The predicted molar refractivity (Wildman–Crippen MR) is 130 cm³/mol. The molecule has 8 heteroatoms. The average molecular weight is 499 g/mol. The van der Waals surface area contributed by atoms with Gasteiger partial charge in [-0.05, 0) is 67.0 Å². The number of hydrogen-bond donors (Lipinski definition) is 0. The van der Waals surface area contributed by atoms with Gasteiger partial charge in [0.2, 0.25) is 0 Å². The summed E-state index contributed by atoms with van der Waals surface area (Å²) in [7, 11) is 0. The van der Waals surface area contributed by atoms with Crippen LogP contribution in [-0.4, -0.2) is 29.6 Å². The lowest BCUT2D eigenvalue weighted by Crippen LogP contribution is -2.38. The molecule has 2 fully saturated rings. The van der Waals surface area contributed by atoms with Crippen LogP contribution in [0.15, 0.2) is 53.7 Å². The molecule has 3 aliphatic carbocycles. The van der Waals surface area contributed by atoms with Gasteiger partial charge < -0.3 is 9.47 Å². The molecule has 0 radical (unpaired) electrons. The summed E-state index contributed by atoms with van der Waals surface area (Å²) in [4.78, 5) is 25.9. The van der Waals surface area contributed by atoms with Crippen LogP contribution in [0.3, 0.4) is 0 Å². The molecule has 0 unspecified atom stereocenters. The third-order valence-corrected chi connectivity index (χ3v) is 7.22. The number of hydrazone groups is 1. The minimum Gasteiger partial charge on any atom is -0.490 e. The van der Waals surface area contributed by atoms with Gasteiger partial charge >= 0.3 is 0 Å². The molecule has 34 heavy (non-hydrogen) atoms. The molecule has 1 aliphatic heterocycles. The molecule has 2 amide bonds. The summed E-state index contributed by atoms with van der Waals surface area (Å²) in [5.74, 6) is 0.108. The van der Waals surface area contributed by atoms with Crippen LogP contribution in [0.1, 0.15) is 30.9 Å². The van der Waals surface area contributed by atoms with Crippen molar-refractivity contribution in [3.8, 4) is 11.5 Å². The Labute approximate surface area is 208 Å². The van der Waals surface area contributed by atoms with E-state index in [2.05, 4.69) is 17.3 Å². The van der Waals surface area contributed by atoms with Gasteiger partial charge in [0.25, 0.3) is 11.8 Å². The second-order valence-electron chi connectivity index (χ2n) is 8.75. The van der Waals surface area contributed by atoms with Gasteiger partial charge in [0.1, 0.15) is 6.61 Å². The van der Waals surface area contributed by atoms with Gasteiger partial charge in [-0.25, -0.2) is 0 Å². The molecule has 1 saturated carbocycles. The molecule has 176 valence electrons. The Balaban J connectivity index is 1.35. The summed E-state index contributed by atoms with van der Waals surface area (Å²) < 4.78 is 11.7. The van der Waals surface area contributed by atoms with Crippen molar-refractivity contribution in [2.24, 2.45) is 28.8 Å². The largest absolute Gasteiger partial charge is 0.490 e. The second-order valence-corrected chi connectivity index (χ2v) is 9.60. The quantitative estimate of drug-likeness (QED) is 0.287. The highest BCUT2D eigenvalue weighted by Gasteiger charge is 2.56. The molecule has 0 spiro atoms. The second kappa shape index (κ2) is 9.43. The number of imide groups is 1. The molecule has 0 aromatic heterocycles. The van der Waals surface area contributed by atoms with Crippen molar-refractivity contribution in [1.82, 2.24) is 5.01 Å². The SMILES string of the molecule is CCOc1cc(/C=N\N2C(=O)[C@@H]3[C@H](C2=O)[C@H]2C=C[C@H]3CC2)cc(Cl)c1OCc1ccc(Cl)cc1. The van der Waals surface area contributed by atoms with Crippen LogP contribution in [0.4, 0.5) is 0 Å². The topological polar surface area (TPSA) is 68.2 Å². The van der Waals surface area contributed by atoms with Crippen LogP contribution in [-0.2, 0) is 16.2 Å². The molecular formula is C26H24Cl2N2O4. The Morgan fingerprint density at radius 2 is 1.65 bits per heavy atom. The van der Waals surface area contributed by atoms with Crippen molar-refractivity contribution in [2.45, 2.75) is 26.4 Å². The minimum atomic E-state index is -0.292. The smallest absolute Gasteiger partial charge is 0.254 e. The summed E-state index contributed by atoms with van der Waals surface area (Å²) >= 11 is 12.5. The van der Waals surface area contributed by atoms with Crippen molar-refractivity contribution in [1.29, 1.82) is 0 Å². The minimum absolute atomic E-state index is 0.128. The molecule has 0 N–H and O–H groups in total. The summed E-state index contributed by atoms with van der Waals surface area (Å²) in [6.07, 6.45) is 7.54. The van der Waals surface area contributed by atoms with Crippen molar-refractivity contribution in [2.75, 3.05) is 6.61 Å². The number of benzene rings is 2. The van der Waals surface area contributed by atoms with E-state index < -0.39 is 0 Å². The zero-order chi connectivity index (χ0) is 23.8. The van der Waals surface area contributed by atoms with Gasteiger partial charge in [0, 0.05) is 5.02 Å². The number of hydrogen-bond acceptors (Lipinski definition) is 5. The van der Waals surface area contributed by atoms with Gasteiger partial charge in [-0.1, -0.05) is 47.5 Å². The van der Waals surface area contributed by atoms with Crippen molar-refractivity contribution in [3.63, 3.8) is 0 Å². The van der Waals surface area contributed by atoms with Crippen LogP contribution in [0, 0.1) is 23.7 Å². The van der Waals surface area contributed by atoms with Crippen LogP contribution < -0.4 is 9.47 Å². The number of amides is 2. The van der Waals surface area contributed by atoms with Gasteiger partial charge in [0.05, 0.1) is 29.7 Å². The van der Waals surface area contributed by atoms with E-state index in [9.17, 15) is 9.59 Å². The number of nitrogens with zero attached hydrogens (tertiary/aromatic N) is 2. The zero-order valence-corrected chi connectivity index (χ0v) is 20.1. The maximum atomic E-state index is 13.0. The third-order valence-electron chi connectivity index (χ3n) is 6.69. The normalized spacial score (nSPS) is 25.3. The summed E-state index contributed by atoms with van der Waals surface area (Å²) in [6.45, 7) is 2.57. The number of carbonyl (C=O) groups excluding carboxylic acids is 2. The van der Waals surface area contributed by atoms with E-state index >= 15 is 0 Å². The molecule has 1 saturated heterocycles. The monoisotopic (exact) mass is 498 g/mol. The first-order valence-electron chi connectivity index (χ1n) is 11.4. The molecule has 4 atom stereocenters. The maximum absolute atomic E-state index is 13.0. The highest BCUT2D eigenvalue weighted by molar-refractivity contribution is 6.32. The Morgan fingerprint density at radius 1 is 1.00 bits per heavy atom. The molecule has 1 heterocycles.